The number of benzene rings is 1. The molecule has 1 unspecified atom stereocenters. The van der Waals surface area contributed by atoms with Crippen LogP contribution in [0.3, 0.4) is 0 Å². The van der Waals surface area contributed by atoms with Crippen LogP contribution in [0, 0.1) is 0 Å². The third-order valence-electron chi connectivity index (χ3n) is 4.75. The van der Waals surface area contributed by atoms with Gasteiger partial charge in [-0.2, -0.15) is 0 Å². The van der Waals surface area contributed by atoms with Gasteiger partial charge in [0.15, 0.2) is 0 Å². The minimum Gasteiger partial charge on any atom is -0.480 e. The van der Waals surface area contributed by atoms with Gasteiger partial charge in [-0.25, -0.2) is 9.59 Å². The fourth-order valence-electron chi connectivity index (χ4n) is 3.16. The first kappa shape index (κ1) is 24.5. The van der Waals surface area contributed by atoms with E-state index >= 15 is 0 Å². The van der Waals surface area contributed by atoms with Crippen molar-refractivity contribution < 1.29 is 19.4 Å². The number of aliphatic carboxylic acids is 1. The molecule has 1 heterocycles. The molecule has 2 atom stereocenters. The van der Waals surface area contributed by atoms with Crippen molar-refractivity contribution in [2.75, 3.05) is 0 Å². The molecule has 1 amide bonds. The normalized spacial score (nSPS) is 13.5. The monoisotopic (exact) mass is 448 g/mol. The van der Waals surface area contributed by atoms with Crippen LogP contribution in [0.25, 0.3) is 11.1 Å². The van der Waals surface area contributed by atoms with E-state index in [2.05, 4.69) is 5.32 Å². The van der Waals surface area contributed by atoms with Crippen molar-refractivity contribution in [3.8, 4) is 11.1 Å². The number of ether oxygens (including phenoxy) is 1. The molecule has 7 nitrogen and oxygen atoms in total. The third kappa shape index (κ3) is 6.34. The zero-order valence-electron chi connectivity index (χ0n) is 18.6. The van der Waals surface area contributed by atoms with Gasteiger partial charge in [0.1, 0.15) is 11.6 Å². The zero-order valence-corrected chi connectivity index (χ0v) is 19.4. The Balaban J connectivity index is 2.41. The van der Waals surface area contributed by atoms with Gasteiger partial charge in [0.2, 0.25) is 0 Å². The van der Waals surface area contributed by atoms with Crippen molar-refractivity contribution in [3.05, 3.63) is 57.5 Å². The first-order chi connectivity index (χ1) is 14.3. The predicted octanol–water partition coefficient (Wildman–Crippen LogP) is 4.83. The van der Waals surface area contributed by atoms with E-state index in [1.165, 1.54) is 6.07 Å². The number of alkyl carbamates (subject to hydrolysis) is 1. The molecule has 8 heteroatoms. The molecule has 0 aliphatic carbocycles. The molecule has 2 N–H and O–H groups in total. The summed E-state index contributed by atoms with van der Waals surface area (Å²) in [5, 5.41) is 12.5. The second-order valence-electron chi connectivity index (χ2n) is 8.74. The van der Waals surface area contributed by atoms with Gasteiger partial charge in [0.05, 0.1) is 0 Å². The second-order valence-corrected chi connectivity index (χ2v) is 9.15. The summed E-state index contributed by atoms with van der Waals surface area (Å²) >= 11 is 6.39. The number of rotatable bonds is 6. The number of pyridine rings is 1. The standard InChI is InChI=1S/C23H29ClN2O5/c1-13(2)26-12-16(8-10-19(26)27)15-7-9-18(24)17(11-15)14(3)20(21(28)29)25-22(30)31-23(4,5)6/h7-14,20H,1-6H3,(H,25,30)(H,28,29)/t14?,20-/m0/s1. The van der Waals surface area contributed by atoms with Crippen molar-refractivity contribution in [2.45, 2.75) is 65.1 Å². The van der Waals surface area contributed by atoms with E-state index in [-0.39, 0.29) is 11.6 Å². The van der Waals surface area contributed by atoms with Crippen LogP contribution in [0.1, 0.15) is 59.1 Å². The first-order valence-electron chi connectivity index (χ1n) is 10.0. The molecule has 31 heavy (non-hydrogen) atoms. The fraction of sp³-hybridized carbons (Fsp3) is 0.435. The number of hydrogen-bond acceptors (Lipinski definition) is 4. The summed E-state index contributed by atoms with van der Waals surface area (Å²) in [5.74, 6) is -1.85. The number of hydrogen-bond donors (Lipinski definition) is 2. The quantitative estimate of drug-likeness (QED) is 0.659. The third-order valence-corrected chi connectivity index (χ3v) is 5.10. The molecule has 0 aliphatic rings. The Morgan fingerprint density at radius 1 is 1.10 bits per heavy atom. The van der Waals surface area contributed by atoms with Gasteiger partial charge in [-0.15, -0.1) is 0 Å². The van der Waals surface area contributed by atoms with E-state index in [9.17, 15) is 19.5 Å². The molecule has 2 aromatic rings. The Labute approximate surface area is 187 Å². The summed E-state index contributed by atoms with van der Waals surface area (Å²) in [6, 6.07) is 7.23. The highest BCUT2D eigenvalue weighted by atomic mass is 35.5. The van der Waals surface area contributed by atoms with Crippen molar-refractivity contribution in [3.63, 3.8) is 0 Å². The minimum absolute atomic E-state index is 0.00689. The lowest BCUT2D eigenvalue weighted by Crippen LogP contribution is -2.46. The number of carbonyl (C=O) groups is 2. The van der Waals surface area contributed by atoms with Gasteiger partial charge in [-0.05, 0) is 69.5 Å². The van der Waals surface area contributed by atoms with Gasteiger partial charge in [-0.1, -0.05) is 24.6 Å². The van der Waals surface area contributed by atoms with Crippen molar-refractivity contribution in [1.29, 1.82) is 0 Å². The van der Waals surface area contributed by atoms with Gasteiger partial charge >= 0.3 is 12.1 Å². The molecule has 0 bridgehead atoms. The summed E-state index contributed by atoms with van der Waals surface area (Å²) in [6.45, 7) is 10.6. The lowest BCUT2D eigenvalue weighted by molar-refractivity contribution is -0.140. The number of amides is 1. The van der Waals surface area contributed by atoms with E-state index in [1.807, 2.05) is 13.8 Å². The largest absolute Gasteiger partial charge is 0.480 e. The Hall–Kier alpha value is -2.80. The SMILES string of the molecule is CC(c1cc(-c2ccc(=O)n(C(C)C)c2)ccc1Cl)[C@H](NC(=O)OC(C)(C)C)C(=O)O. The highest BCUT2D eigenvalue weighted by Gasteiger charge is 2.31. The van der Waals surface area contributed by atoms with Crippen LogP contribution in [0.4, 0.5) is 4.79 Å². The molecule has 1 aromatic carbocycles. The number of nitrogens with zero attached hydrogens (tertiary/aromatic N) is 1. The Kier molecular flexibility index (Phi) is 7.54. The lowest BCUT2D eigenvalue weighted by Gasteiger charge is -2.26. The van der Waals surface area contributed by atoms with Crippen LogP contribution in [-0.2, 0) is 9.53 Å². The molecule has 168 valence electrons. The molecule has 0 saturated heterocycles. The summed E-state index contributed by atoms with van der Waals surface area (Å²) in [6.07, 6.45) is 0.946. The van der Waals surface area contributed by atoms with Gasteiger partial charge in [-0.3, -0.25) is 4.79 Å². The lowest BCUT2D eigenvalue weighted by atomic mass is 9.91. The highest BCUT2D eigenvalue weighted by molar-refractivity contribution is 6.31. The van der Waals surface area contributed by atoms with E-state index in [1.54, 1.807) is 62.7 Å². The average molecular weight is 449 g/mol. The molecule has 0 fully saturated rings. The van der Waals surface area contributed by atoms with E-state index in [0.29, 0.717) is 10.6 Å². The Bertz CT molecular complexity index is 1020. The number of halogens is 1. The first-order valence-corrected chi connectivity index (χ1v) is 10.4. The number of carboxylic acids is 1. The van der Waals surface area contributed by atoms with Crippen LogP contribution in [-0.4, -0.2) is 33.4 Å². The van der Waals surface area contributed by atoms with Crippen LogP contribution < -0.4 is 10.9 Å². The number of carbonyl (C=O) groups excluding carboxylic acids is 1. The van der Waals surface area contributed by atoms with E-state index < -0.39 is 29.6 Å². The smallest absolute Gasteiger partial charge is 0.408 e. The molecule has 2 rings (SSSR count). The van der Waals surface area contributed by atoms with Gasteiger partial charge < -0.3 is 19.7 Å². The topological polar surface area (TPSA) is 97.6 Å². The fourth-order valence-corrected chi connectivity index (χ4v) is 3.45. The second kappa shape index (κ2) is 9.56. The molecule has 0 aliphatic heterocycles. The summed E-state index contributed by atoms with van der Waals surface area (Å²) in [4.78, 5) is 36.1. The summed E-state index contributed by atoms with van der Waals surface area (Å²) < 4.78 is 6.82. The number of nitrogens with one attached hydrogen (secondary N) is 1. The molecular weight excluding hydrogens is 420 g/mol. The average Bonchev–Trinajstić information content (AvgIpc) is 2.64. The molecule has 0 radical (unpaired) electrons. The minimum atomic E-state index is -1.24. The van der Waals surface area contributed by atoms with Crippen LogP contribution in [0.2, 0.25) is 5.02 Å². The highest BCUT2D eigenvalue weighted by Crippen LogP contribution is 2.32. The molecule has 0 spiro atoms. The summed E-state index contributed by atoms with van der Waals surface area (Å²) in [7, 11) is 0. The van der Waals surface area contributed by atoms with Crippen molar-refractivity contribution >= 4 is 23.7 Å². The van der Waals surface area contributed by atoms with Crippen LogP contribution >= 0.6 is 11.6 Å². The predicted molar refractivity (Wildman–Crippen MR) is 121 cm³/mol. The molecule has 0 saturated carbocycles. The zero-order chi connectivity index (χ0) is 23.5. The van der Waals surface area contributed by atoms with E-state index in [4.69, 9.17) is 16.3 Å². The van der Waals surface area contributed by atoms with Crippen LogP contribution in [0.15, 0.2) is 41.3 Å². The number of aromatic nitrogens is 1. The maximum Gasteiger partial charge on any atom is 0.408 e. The molecular formula is C23H29ClN2O5. The van der Waals surface area contributed by atoms with Crippen molar-refractivity contribution in [2.24, 2.45) is 0 Å². The molecule has 1 aromatic heterocycles. The Morgan fingerprint density at radius 3 is 2.26 bits per heavy atom. The number of carboxylic acid groups (broad SMARTS) is 1. The Morgan fingerprint density at radius 2 is 1.71 bits per heavy atom. The van der Waals surface area contributed by atoms with Crippen LogP contribution in [0.5, 0.6) is 0 Å². The van der Waals surface area contributed by atoms with Gasteiger partial charge in [0.25, 0.3) is 5.56 Å². The maximum atomic E-state index is 12.2. The van der Waals surface area contributed by atoms with Gasteiger partial charge in [0, 0.05) is 29.2 Å². The van der Waals surface area contributed by atoms with Crippen molar-refractivity contribution in [1.82, 2.24) is 9.88 Å². The maximum absolute atomic E-state index is 12.2. The summed E-state index contributed by atoms with van der Waals surface area (Å²) in [5.41, 5.74) is 1.28. The van der Waals surface area contributed by atoms with E-state index in [0.717, 1.165) is 11.1 Å².